The number of likely N-dealkylation sites (tertiary alicyclic amines) is 1. The van der Waals surface area contributed by atoms with Crippen molar-refractivity contribution in [3.05, 3.63) is 34.5 Å². The second-order valence-electron chi connectivity index (χ2n) is 9.45. The van der Waals surface area contributed by atoms with E-state index in [1.807, 2.05) is 23.1 Å². The molecule has 1 aromatic carbocycles. The number of alkyl halides is 2. The number of H-pyrrole nitrogens is 1. The van der Waals surface area contributed by atoms with Gasteiger partial charge >= 0.3 is 0 Å². The summed E-state index contributed by atoms with van der Waals surface area (Å²) in [6.45, 7) is 7.04. The van der Waals surface area contributed by atoms with Crippen molar-refractivity contribution in [1.29, 1.82) is 0 Å². The van der Waals surface area contributed by atoms with Crippen LogP contribution in [0.2, 0.25) is 5.02 Å². The molecule has 4 nitrogen and oxygen atoms in total. The van der Waals surface area contributed by atoms with Gasteiger partial charge in [0.1, 0.15) is 0 Å². The number of halogens is 3. The molecule has 1 saturated heterocycles. The maximum atomic E-state index is 13.2. The fourth-order valence-electron chi connectivity index (χ4n) is 5.15. The van der Waals surface area contributed by atoms with Gasteiger partial charge in [0.05, 0.1) is 6.04 Å². The fraction of sp³-hybridized carbons (Fsp3) is 0.625. The highest BCUT2D eigenvalue weighted by atomic mass is 35.5. The monoisotopic (exact) mass is 451 g/mol. The van der Waals surface area contributed by atoms with Gasteiger partial charge in [-0.2, -0.15) is 0 Å². The van der Waals surface area contributed by atoms with Crippen LogP contribution in [0.4, 0.5) is 8.78 Å². The van der Waals surface area contributed by atoms with Crippen LogP contribution in [0.25, 0.3) is 10.9 Å². The third-order valence-corrected chi connectivity index (χ3v) is 7.09. The van der Waals surface area contributed by atoms with Gasteiger partial charge in [-0.15, -0.1) is 0 Å². The third-order valence-electron chi connectivity index (χ3n) is 6.86. The first-order valence-electron chi connectivity index (χ1n) is 11.4. The van der Waals surface area contributed by atoms with E-state index in [1.54, 1.807) is 0 Å². The predicted molar refractivity (Wildman–Crippen MR) is 121 cm³/mol. The van der Waals surface area contributed by atoms with E-state index in [4.69, 9.17) is 11.6 Å². The van der Waals surface area contributed by atoms with Crippen LogP contribution in [0.5, 0.6) is 0 Å². The smallest absolute Gasteiger partial charge is 0.241 e. The minimum absolute atomic E-state index is 0.0343. The lowest BCUT2D eigenvalue weighted by atomic mass is 9.91. The highest BCUT2D eigenvalue weighted by Gasteiger charge is 2.34. The zero-order valence-corrected chi connectivity index (χ0v) is 19.1. The molecule has 1 unspecified atom stereocenters. The summed E-state index contributed by atoms with van der Waals surface area (Å²) in [5.41, 5.74) is 3.49. The Morgan fingerprint density at radius 3 is 2.65 bits per heavy atom. The Balaban J connectivity index is 1.46. The van der Waals surface area contributed by atoms with Gasteiger partial charge in [-0.25, -0.2) is 8.78 Å². The van der Waals surface area contributed by atoms with E-state index in [2.05, 4.69) is 23.7 Å². The van der Waals surface area contributed by atoms with E-state index in [-0.39, 0.29) is 11.9 Å². The molecule has 7 heteroatoms. The molecule has 2 aliphatic rings. The van der Waals surface area contributed by atoms with Gasteiger partial charge < -0.3 is 14.8 Å². The number of aromatic nitrogens is 1. The summed E-state index contributed by atoms with van der Waals surface area (Å²) in [5.74, 6) is 0.122. The number of hydrogen-bond acceptors (Lipinski definition) is 2. The van der Waals surface area contributed by atoms with Crippen LogP contribution in [-0.4, -0.2) is 53.3 Å². The van der Waals surface area contributed by atoms with E-state index < -0.39 is 12.3 Å². The Morgan fingerprint density at radius 2 is 1.97 bits per heavy atom. The van der Waals surface area contributed by atoms with Crippen LogP contribution < -0.4 is 0 Å². The minimum Gasteiger partial charge on any atom is -0.356 e. The molecule has 0 aliphatic carbocycles. The number of carbonyl (C=O) groups excluding carboxylic acids is 1. The summed E-state index contributed by atoms with van der Waals surface area (Å²) in [6.07, 6.45) is 0.970. The first kappa shape index (κ1) is 22.5. The van der Waals surface area contributed by atoms with E-state index >= 15 is 0 Å². The maximum absolute atomic E-state index is 13.2. The van der Waals surface area contributed by atoms with Crippen molar-refractivity contribution >= 4 is 28.4 Å². The van der Waals surface area contributed by atoms with Crippen molar-refractivity contribution in [3.63, 3.8) is 0 Å². The zero-order valence-electron chi connectivity index (χ0n) is 18.3. The van der Waals surface area contributed by atoms with Crippen molar-refractivity contribution in [2.45, 2.75) is 58.4 Å². The van der Waals surface area contributed by atoms with Crippen LogP contribution in [0.3, 0.4) is 0 Å². The molecule has 1 N–H and O–H groups in total. The van der Waals surface area contributed by atoms with Gasteiger partial charge in [0.2, 0.25) is 12.3 Å². The number of fused-ring (bicyclic) bond motifs is 3. The molecule has 1 fully saturated rings. The second-order valence-corrected chi connectivity index (χ2v) is 9.89. The van der Waals surface area contributed by atoms with Gasteiger partial charge in [-0.1, -0.05) is 25.4 Å². The minimum atomic E-state index is -2.23. The van der Waals surface area contributed by atoms with Gasteiger partial charge in [0, 0.05) is 47.0 Å². The number of piperidine rings is 1. The van der Waals surface area contributed by atoms with Crippen molar-refractivity contribution in [1.82, 2.24) is 14.8 Å². The molecular weight excluding hydrogens is 420 g/mol. The molecule has 0 saturated carbocycles. The van der Waals surface area contributed by atoms with E-state index in [9.17, 15) is 13.6 Å². The van der Waals surface area contributed by atoms with E-state index in [0.29, 0.717) is 51.4 Å². The summed E-state index contributed by atoms with van der Waals surface area (Å²) in [7, 11) is 0. The molecule has 1 atom stereocenters. The largest absolute Gasteiger partial charge is 0.356 e. The Kier molecular flexibility index (Phi) is 6.87. The summed E-state index contributed by atoms with van der Waals surface area (Å²) in [4.78, 5) is 21.0. The Bertz CT molecular complexity index is 921. The first-order chi connectivity index (χ1) is 14.8. The Morgan fingerprint density at radius 1 is 1.23 bits per heavy atom. The number of nitrogens with one attached hydrogen (secondary N) is 1. The summed E-state index contributed by atoms with van der Waals surface area (Å²) in [5, 5.41) is 1.88. The summed E-state index contributed by atoms with van der Waals surface area (Å²) in [6, 6.07) is 5.95. The molecule has 3 heterocycles. The SMILES string of the molecule is CC(C)CC1c2[nH]c3ccc(Cl)cc3c2CCN1C(=O)CCN1CCC(C(F)F)CC1. The summed E-state index contributed by atoms with van der Waals surface area (Å²) < 4.78 is 25.8. The third kappa shape index (κ3) is 4.90. The van der Waals surface area contributed by atoms with Crippen molar-refractivity contribution in [3.8, 4) is 0 Å². The number of benzene rings is 1. The maximum Gasteiger partial charge on any atom is 0.241 e. The second kappa shape index (κ2) is 9.45. The Labute approximate surface area is 187 Å². The van der Waals surface area contributed by atoms with Crippen LogP contribution >= 0.6 is 11.6 Å². The molecule has 0 spiro atoms. The molecule has 0 radical (unpaired) electrons. The predicted octanol–water partition coefficient (Wildman–Crippen LogP) is 5.66. The van der Waals surface area contributed by atoms with Crippen molar-refractivity contribution in [2.75, 3.05) is 26.2 Å². The Hall–Kier alpha value is -1.66. The number of hydrogen-bond donors (Lipinski definition) is 1. The van der Waals surface area contributed by atoms with Gasteiger partial charge in [0.25, 0.3) is 0 Å². The van der Waals surface area contributed by atoms with Gasteiger partial charge in [-0.05, 0) is 68.5 Å². The number of carbonyl (C=O) groups is 1. The molecular formula is C24H32ClF2N3O. The number of amides is 1. The summed E-state index contributed by atoms with van der Waals surface area (Å²) >= 11 is 6.23. The molecule has 1 amide bonds. The lowest BCUT2D eigenvalue weighted by Crippen LogP contribution is -2.43. The van der Waals surface area contributed by atoms with Crippen LogP contribution in [0.1, 0.15) is 56.8 Å². The highest BCUT2D eigenvalue weighted by molar-refractivity contribution is 6.31. The lowest BCUT2D eigenvalue weighted by molar-refractivity contribution is -0.135. The molecule has 1 aromatic heterocycles. The normalized spacial score (nSPS) is 20.7. The van der Waals surface area contributed by atoms with Crippen LogP contribution in [-0.2, 0) is 11.2 Å². The molecule has 31 heavy (non-hydrogen) atoms. The van der Waals surface area contributed by atoms with E-state index in [1.165, 1.54) is 5.56 Å². The highest BCUT2D eigenvalue weighted by Crippen LogP contribution is 2.39. The molecule has 4 rings (SSSR count). The lowest BCUT2D eigenvalue weighted by Gasteiger charge is -2.38. The standard InChI is InChI=1S/C24H32ClF2N3O/c1-15(2)13-21-23-18(19-14-17(25)3-4-20(19)28-23)7-12-30(21)22(31)8-11-29-9-5-16(6-10-29)24(26)27/h3-4,14-16,21,24,28H,5-13H2,1-2H3. The number of rotatable bonds is 6. The topological polar surface area (TPSA) is 39.3 Å². The average molecular weight is 452 g/mol. The first-order valence-corrected chi connectivity index (χ1v) is 11.8. The molecule has 2 aromatic rings. The molecule has 2 aliphatic heterocycles. The number of nitrogens with zero attached hydrogens (tertiary/aromatic N) is 2. The van der Waals surface area contributed by atoms with Crippen molar-refractivity contribution in [2.24, 2.45) is 11.8 Å². The zero-order chi connectivity index (χ0) is 22.1. The van der Waals surface area contributed by atoms with Gasteiger partial charge in [0.15, 0.2) is 0 Å². The van der Waals surface area contributed by atoms with Crippen LogP contribution in [0.15, 0.2) is 18.2 Å². The van der Waals surface area contributed by atoms with Crippen molar-refractivity contribution < 1.29 is 13.6 Å². The van der Waals surface area contributed by atoms with Gasteiger partial charge in [-0.3, -0.25) is 4.79 Å². The molecule has 0 bridgehead atoms. The number of aromatic amines is 1. The fourth-order valence-corrected chi connectivity index (χ4v) is 5.33. The van der Waals surface area contributed by atoms with Crippen LogP contribution in [0, 0.1) is 11.8 Å². The molecule has 170 valence electrons. The van der Waals surface area contributed by atoms with E-state index in [0.717, 1.165) is 34.5 Å². The quantitative estimate of drug-likeness (QED) is 0.615. The average Bonchev–Trinajstić information content (AvgIpc) is 3.10.